The number of halogens is 1. The quantitative estimate of drug-likeness (QED) is 0.481. The van der Waals surface area contributed by atoms with Gasteiger partial charge in [0.1, 0.15) is 5.82 Å². The lowest BCUT2D eigenvalue weighted by Crippen LogP contribution is -2.50. The largest absolute Gasteiger partial charge is 0.478 e. The Morgan fingerprint density at radius 3 is 2.76 bits per heavy atom. The van der Waals surface area contributed by atoms with E-state index in [0.29, 0.717) is 35.7 Å². The molecule has 1 N–H and O–H groups in total. The zero-order valence-electron chi connectivity index (χ0n) is 21.3. The van der Waals surface area contributed by atoms with Gasteiger partial charge < -0.3 is 29.3 Å². The van der Waals surface area contributed by atoms with Crippen LogP contribution < -0.4 is 14.5 Å². The van der Waals surface area contributed by atoms with Gasteiger partial charge in [-0.25, -0.2) is 9.37 Å². The minimum absolute atomic E-state index is 0.0371. The van der Waals surface area contributed by atoms with E-state index in [1.54, 1.807) is 23.4 Å². The third-order valence-electron chi connectivity index (χ3n) is 7.79. The molecule has 9 heteroatoms. The Bertz CT molecular complexity index is 1240. The molecule has 1 aromatic carbocycles. The molecular weight excluding hydrogens is 473 g/mol. The number of ether oxygens (including phenoxy) is 2. The summed E-state index contributed by atoms with van der Waals surface area (Å²) in [4.78, 5) is 15.2. The van der Waals surface area contributed by atoms with E-state index in [0.717, 1.165) is 49.2 Å². The summed E-state index contributed by atoms with van der Waals surface area (Å²) in [5, 5.41) is 11.9. The first-order chi connectivity index (χ1) is 18.1. The minimum Gasteiger partial charge on any atom is -0.478 e. The van der Waals surface area contributed by atoms with Crippen molar-refractivity contribution in [3.63, 3.8) is 0 Å². The van der Waals surface area contributed by atoms with Crippen LogP contribution >= 0.6 is 0 Å². The van der Waals surface area contributed by atoms with Crippen LogP contribution in [0.15, 0.2) is 36.7 Å². The molecule has 3 aliphatic rings. The van der Waals surface area contributed by atoms with Crippen LogP contribution in [0.5, 0.6) is 5.88 Å². The van der Waals surface area contributed by atoms with Gasteiger partial charge in [0, 0.05) is 55.0 Å². The van der Waals surface area contributed by atoms with E-state index < -0.39 is 6.35 Å². The number of hydrogen-bond donors (Lipinski definition) is 1. The predicted molar refractivity (Wildman–Crippen MR) is 141 cm³/mol. The molecule has 8 nitrogen and oxygen atoms in total. The van der Waals surface area contributed by atoms with Gasteiger partial charge in [0.15, 0.2) is 0 Å². The molecule has 6 rings (SSSR count). The van der Waals surface area contributed by atoms with Crippen molar-refractivity contribution >= 4 is 22.3 Å². The Morgan fingerprint density at radius 1 is 1.14 bits per heavy atom. The maximum absolute atomic E-state index is 15.3. The maximum atomic E-state index is 15.3. The number of fused-ring (bicyclic) bond motifs is 3. The molecule has 2 saturated heterocycles. The number of pyridine rings is 2. The van der Waals surface area contributed by atoms with E-state index in [4.69, 9.17) is 9.47 Å². The second-order valence-electron chi connectivity index (χ2n) is 10.2. The Balaban J connectivity index is 1.26. The summed E-state index contributed by atoms with van der Waals surface area (Å²) in [7, 11) is 1.85. The van der Waals surface area contributed by atoms with Crippen molar-refractivity contribution in [1.29, 1.82) is 0 Å². The molecule has 37 heavy (non-hydrogen) atoms. The molecule has 0 saturated carbocycles. The van der Waals surface area contributed by atoms with E-state index in [9.17, 15) is 5.11 Å². The van der Waals surface area contributed by atoms with Crippen molar-refractivity contribution in [2.75, 3.05) is 56.3 Å². The van der Waals surface area contributed by atoms with Crippen molar-refractivity contribution in [3.8, 4) is 17.0 Å². The molecule has 0 radical (unpaired) electrons. The van der Waals surface area contributed by atoms with E-state index in [1.165, 1.54) is 32.0 Å². The van der Waals surface area contributed by atoms with E-state index >= 15 is 4.39 Å². The van der Waals surface area contributed by atoms with E-state index in [2.05, 4.69) is 14.9 Å². The van der Waals surface area contributed by atoms with E-state index in [1.807, 2.05) is 24.1 Å². The Hall–Kier alpha value is -3.01. The predicted octanol–water partition coefficient (Wildman–Crippen LogP) is 4.01. The van der Waals surface area contributed by atoms with Gasteiger partial charge in [0.2, 0.25) is 12.2 Å². The molecule has 3 aliphatic heterocycles. The highest BCUT2D eigenvalue weighted by atomic mass is 19.1. The maximum Gasteiger partial charge on any atom is 0.213 e. The van der Waals surface area contributed by atoms with Crippen LogP contribution in [0.25, 0.3) is 22.0 Å². The zero-order valence-corrected chi connectivity index (χ0v) is 21.3. The third kappa shape index (κ3) is 4.71. The van der Waals surface area contributed by atoms with Crippen molar-refractivity contribution in [3.05, 3.63) is 42.5 Å². The van der Waals surface area contributed by atoms with Crippen LogP contribution in [0.4, 0.5) is 15.8 Å². The number of nitrogens with zero attached hydrogens (tertiary/aromatic N) is 5. The zero-order chi connectivity index (χ0) is 25.4. The SMILES string of the molecule is CN1c2cnc3cc(F)c(-c4ccc(OCCCN5CCCC5)nc4)cc3c2N([C@H]2CCCOC2)C1O. The lowest BCUT2D eigenvalue weighted by Gasteiger charge is -2.36. The van der Waals surface area contributed by atoms with Crippen LogP contribution in [-0.2, 0) is 4.74 Å². The van der Waals surface area contributed by atoms with Crippen LogP contribution in [0, 0.1) is 5.82 Å². The Labute approximate surface area is 216 Å². The second kappa shape index (κ2) is 10.4. The summed E-state index contributed by atoms with van der Waals surface area (Å²) in [5.41, 5.74) is 3.34. The molecule has 2 fully saturated rings. The lowest BCUT2D eigenvalue weighted by molar-refractivity contribution is 0.0617. The van der Waals surface area contributed by atoms with E-state index in [-0.39, 0.29) is 11.9 Å². The highest BCUT2D eigenvalue weighted by Gasteiger charge is 2.39. The topological polar surface area (TPSA) is 74.2 Å². The fourth-order valence-corrected chi connectivity index (χ4v) is 5.78. The van der Waals surface area contributed by atoms with Crippen LogP contribution in [-0.4, -0.2) is 78.9 Å². The van der Waals surface area contributed by atoms with Gasteiger partial charge in [-0.2, -0.15) is 0 Å². The molecule has 2 aromatic heterocycles. The first-order valence-electron chi connectivity index (χ1n) is 13.3. The lowest BCUT2D eigenvalue weighted by atomic mass is 10.0. The molecule has 0 bridgehead atoms. The van der Waals surface area contributed by atoms with Gasteiger partial charge in [0.05, 0.1) is 42.3 Å². The normalized spacial score (nSPS) is 22.1. The highest BCUT2D eigenvalue weighted by Crippen LogP contribution is 2.45. The molecule has 3 aromatic rings. The molecule has 2 atom stereocenters. The second-order valence-corrected chi connectivity index (χ2v) is 10.2. The van der Waals surface area contributed by atoms with Gasteiger partial charge >= 0.3 is 0 Å². The Kier molecular flexibility index (Phi) is 6.84. The highest BCUT2D eigenvalue weighted by molar-refractivity contribution is 6.02. The number of likely N-dealkylation sites (tertiary alicyclic amines) is 1. The van der Waals surface area contributed by atoms with Gasteiger partial charge in [-0.05, 0) is 57.3 Å². The molecule has 5 heterocycles. The standard InChI is InChI=1S/C28H34FN5O3/c1-32-25-17-30-24-15-23(29)21(14-22(24)27(25)34(28(32)35)20-6-4-12-36-18-20)19-7-8-26(31-16-19)37-13-5-11-33-9-2-3-10-33/h7-8,14-17,20,28,35H,2-6,9-13,18H2,1H3/t20-,28?/m0/s1. The summed E-state index contributed by atoms with van der Waals surface area (Å²) >= 11 is 0. The number of benzene rings is 1. The van der Waals surface area contributed by atoms with Gasteiger partial charge in [-0.3, -0.25) is 4.98 Å². The fraction of sp³-hybridized carbons (Fsp3) is 0.500. The monoisotopic (exact) mass is 507 g/mol. The molecule has 0 aliphatic carbocycles. The number of aliphatic hydroxyl groups excluding tert-OH is 1. The number of aliphatic hydroxyl groups is 1. The number of aromatic nitrogens is 2. The van der Waals surface area contributed by atoms with Crippen molar-refractivity contribution in [1.82, 2.24) is 14.9 Å². The number of anilines is 2. The van der Waals surface area contributed by atoms with Gasteiger partial charge in [-0.15, -0.1) is 0 Å². The fourth-order valence-electron chi connectivity index (χ4n) is 5.78. The summed E-state index contributed by atoms with van der Waals surface area (Å²) in [6.07, 6.45) is 7.94. The smallest absolute Gasteiger partial charge is 0.213 e. The molecule has 0 spiro atoms. The number of hydrogen-bond acceptors (Lipinski definition) is 8. The van der Waals surface area contributed by atoms with Crippen LogP contribution in [0.2, 0.25) is 0 Å². The third-order valence-corrected chi connectivity index (χ3v) is 7.79. The van der Waals surface area contributed by atoms with Gasteiger partial charge in [-0.1, -0.05) is 0 Å². The average Bonchev–Trinajstić information content (AvgIpc) is 3.53. The van der Waals surface area contributed by atoms with Crippen LogP contribution in [0.1, 0.15) is 32.1 Å². The minimum atomic E-state index is -0.828. The van der Waals surface area contributed by atoms with Crippen molar-refractivity contribution in [2.24, 2.45) is 0 Å². The Morgan fingerprint density at radius 2 is 2.00 bits per heavy atom. The molecule has 196 valence electrons. The first-order valence-corrected chi connectivity index (χ1v) is 13.3. The first kappa shape index (κ1) is 24.3. The van der Waals surface area contributed by atoms with Crippen molar-refractivity contribution in [2.45, 2.75) is 44.5 Å². The summed E-state index contributed by atoms with van der Waals surface area (Å²) in [5.74, 6) is 0.183. The summed E-state index contributed by atoms with van der Waals surface area (Å²) < 4.78 is 26.8. The molecule has 1 unspecified atom stereocenters. The molecular formula is C28H34FN5O3. The van der Waals surface area contributed by atoms with Crippen molar-refractivity contribution < 1.29 is 19.0 Å². The number of rotatable bonds is 7. The molecule has 0 amide bonds. The summed E-state index contributed by atoms with van der Waals surface area (Å²) in [6.45, 7) is 5.31. The van der Waals surface area contributed by atoms with Crippen LogP contribution in [0.3, 0.4) is 0 Å². The average molecular weight is 508 g/mol. The summed E-state index contributed by atoms with van der Waals surface area (Å²) in [6, 6.07) is 6.97. The van der Waals surface area contributed by atoms with Gasteiger partial charge in [0.25, 0.3) is 0 Å².